The number of fused-ring (bicyclic) bond motifs is 1. The Balaban J connectivity index is 1.48. The van der Waals surface area contributed by atoms with Crippen LogP contribution in [0.2, 0.25) is 5.02 Å². The Kier molecular flexibility index (Phi) is 7.02. The maximum absolute atomic E-state index is 15.1. The third-order valence-electron chi connectivity index (χ3n) is 6.70. The van der Waals surface area contributed by atoms with Crippen molar-refractivity contribution in [2.75, 3.05) is 19.6 Å². The molecule has 2 aromatic heterocycles. The minimum absolute atomic E-state index is 0.0692. The summed E-state index contributed by atoms with van der Waals surface area (Å²) in [7, 11) is 0. The van der Waals surface area contributed by atoms with Crippen molar-refractivity contribution >= 4 is 45.0 Å². The van der Waals surface area contributed by atoms with E-state index in [1.165, 1.54) is 16.2 Å². The highest BCUT2D eigenvalue weighted by atomic mass is 35.5. The van der Waals surface area contributed by atoms with Crippen LogP contribution in [0.25, 0.3) is 21.3 Å². The molecule has 3 aromatic rings. The lowest BCUT2D eigenvalue weighted by atomic mass is 9.96. The molecule has 0 bridgehead atoms. The second kappa shape index (κ2) is 9.97. The standard InChI is InChI=1S/C28H31ClFN3O3S/c1-16-9-17(29)10-20(26(16)36-23-14-32(13-21(23)30)15-28(2,3)4)19-7-8-31-22-11-18(37-27(19)22)12-33-24(34)5-6-25(33)35/h7-11,21,23H,5-6,12-15H2,1-4H3/t21-,23+/m0/s1. The van der Waals surface area contributed by atoms with Crippen molar-refractivity contribution in [2.24, 2.45) is 5.41 Å². The fourth-order valence-corrected chi connectivity index (χ4v) is 6.59. The number of ether oxygens (including phenoxy) is 1. The zero-order valence-electron chi connectivity index (χ0n) is 21.5. The van der Waals surface area contributed by atoms with Crippen LogP contribution >= 0.6 is 22.9 Å². The van der Waals surface area contributed by atoms with E-state index in [0.29, 0.717) is 23.9 Å². The molecule has 0 unspecified atom stereocenters. The first-order valence-corrected chi connectivity index (χ1v) is 13.7. The summed E-state index contributed by atoms with van der Waals surface area (Å²) >= 11 is 7.97. The van der Waals surface area contributed by atoms with E-state index >= 15 is 4.39 Å². The molecule has 196 valence electrons. The summed E-state index contributed by atoms with van der Waals surface area (Å²) < 4.78 is 22.4. The summed E-state index contributed by atoms with van der Waals surface area (Å²) in [5.41, 5.74) is 3.32. The van der Waals surface area contributed by atoms with Crippen molar-refractivity contribution in [3.8, 4) is 16.9 Å². The monoisotopic (exact) mass is 543 g/mol. The van der Waals surface area contributed by atoms with Crippen LogP contribution in [0.15, 0.2) is 30.5 Å². The predicted octanol–water partition coefficient (Wildman–Crippen LogP) is 6.02. The lowest BCUT2D eigenvalue weighted by Crippen LogP contribution is -2.32. The number of imide groups is 1. The molecule has 0 saturated carbocycles. The molecular weight excluding hydrogens is 513 g/mol. The number of aromatic nitrogens is 1. The molecule has 2 fully saturated rings. The molecule has 4 heterocycles. The van der Waals surface area contributed by atoms with E-state index < -0.39 is 12.3 Å². The molecule has 2 atom stereocenters. The highest BCUT2D eigenvalue weighted by Gasteiger charge is 2.37. The van der Waals surface area contributed by atoms with E-state index in [-0.39, 0.29) is 36.6 Å². The smallest absolute Gasteiger partial charge is 0.230 e. The number of carbonyl (C=O) groups excluding carboxylic acids is 2. The highest BCUT2D eigenvalue weighted by Crippen LogP contribution is 2.42. The second-order valence-electron chi connectivity index (χ2n) is 11.2. The maximum atomic E-state index is 15.1. The SMILES string of the molecule is Cc1cc(Cl)cc(-c2ccnc3cc(CN4C(=O)CCC4=O)sc23)c1O[C@@H]1CN(CC(C)(C)C)C[C@@H]1F. The quantitative estimate of drug-likeness (QED) is 0.356. The van der Waals surface area contributed by atoms with Crippen LogP contribution in [-0.4, -0.2) is 58.5 Å². The Bertz CT molecular complexity index is 1350. The molecule has 1 aromatic carbocycles. The molecule has 0 aliphatic carbocycles. The number of hydrogen-bond donors (Lipinski definition) is 0. The third kappa shape index (κ3) is 5.52. The first-order valence-electron chi connectivity index (χ1n) is 12.5. The van der Waals surface area contributed by atoms with E-state index in [1.54, 1.807) is 6.20 Å². The summed E-state index contributed by atoms with van der Waals surface area (Å²) in [5, 5.41) is 0.562. The van der Waals surface area contributed by atoms with Crippen molar-refractivity contribution in [1.29, 1.82) is 0 Å². The van der Waals surface area contributed by atoms with Crippen LogP contribution in [0.4, 0.5) is 4.39 Å². The van der Waals surface area contributed by atoms with E-state index in [2.05, 4.69) is 30.7 Å². The number of benzene rings is 1. The second-order valence-corrected chi connectivity index (χ2v) is 12.8. The first kappa shape index (κ1) is 26.1. The average Bonchev–Trinajstić information content (AvgIpc) is 3.46. The van der Waals surface area contributed by atoms with Gasteiger partial charge >= 0.3 is 0 Å². The van der Waals surface area contributed by atoms with Crippen LogP contribution in [-0.2, 0) is 16.1 Å². The van der Waals surface area contributed by atoms with Crippen LogP contribution in [0.5, 0.6) is 5.75 Å². The van der Waals surface area contributed by atoms with Gasteiger partial charge in [-0.15, -0.1) is 11.3 Å². The van der Waals surface area contributed by atoms with Crippen molar-refractivity contribution < 1.29 is 18.7 Å². The zero-order valence-corrected chi connectivity index (χ0v) is 23.1. The number of likely N-dealkylation sites (tertiary alicyclic amines) is 2. The van der Waals surface area contributed by atoms with Gasteiger partial charge < -0.3 is 4.74 Å². The average molecular weight is 544 g/mol. The van der Waals surface area contributed by atoms with Gasteiger partial charge in [-0.1, -0.05) is 32.4 Å². The maximum Gasteiger partial charge on any atom is 0.230 e. The van der Waals surface area contributed by atoms with Gasteiger partial charge in [0, 0.05) is 59.7 Å². The minimum Gasteiger partial charge on any atom is -0.485 e. The largest absolute Gasteiger partial charge is 0.485 e. The van der Waals surface area contributed by atoms with Crippen LogP contribution in [0.1, 0.15) is 44.1 Å². The van der Waals surface area contributed by atoms with Crippen molar-refractivity contribution in [3.05, 3.63) is 45.9 Å². The number of alkyl halides is 1. The fraction of sp³-hybridized carbons (Fsp3) is 0.464. The third-order valence-corrected chi connectivity index (χ3v) is 8.06. The topological polar surface area (TPSA) is 62.7 Å². The number of amides is 2. The number of carbonyl (C=O) groups is 2. The molecule has 2 aliphatic heterocycles. The molecule has 9 heteroatoms. The fourth-order valence-electron chi connectivity index (χ4n) is 5.19. The van der Waals surface area contributed by atoms with E-state index in [1.807, 2.05) is 31.2 Å². The van der Waals surface area contributed by atoms with Gasteiger partial charge in [0.2, 0.25) is 11.8 Å². The normalized spacial score (nSPS) is 21.0. The van der Waals surface area contributed by atoms with Gasteiger partial charge in [-0.3, -0.25) is 24.4 Å². The summed E-state index contributed by atoms with van der Waals surface area (Å²) in [4.78, 5) is 33.1. The minimum atomic E-state index is -1.09. The summed E-state index contributed by atoms with van der Waals surface area (Å²) in [6, 6.07) is 7.50. The molecule has 5 rings (SSSR count). The molecule has 0 N–H and O–H groups in total. The molecule has 0 spiro atoms. The Morgan fingerprint density at radius 1 is 1.14 bits per heavy atom. The number of pyridine rings is 1. The molecule has 6 nitrogen and oxygen atoms in total. The lowest BCUT2D eigenvalue weighted by Gasteiger charge is -2.26. The lowest BCUT2D eigenvalue weighted by molar-refractivity contribution is -0.138. The molecule has 37 heavy (non-hydrogen) atoms. The Morgan fingerprint density at radius 2 is 1.86 bits per heavy atom. The van der Waals surface area contributed by atoms with Crippen LogP contribution in [0.3, 0.4) is 0 Å². The van der Waals surface area contributed by atoms with Crippen LogP contribution in [0, 0.1) is 12.3 Å². The molecule has 2 saturated heterocycles. The van der Waals surface area contributed by atoms with E-state index in [4.69, 9.17) is 16.3 Å². The van der Waals surface area contributed by atoms with Crippen LogP contribution < -0.4 is 4.74 Å². The number of rotatable bonds is 6. The number of thiophene rings is 1. The highest BCUT2D eigenvalue weighted by molar-refractivity contribution is 7.19. The Morgan fingerprint density at radius 3 is 2.57 bits per heavy atom. The van der Waals surface area contributed by atoms with Gasteiger partial charge in [-0.05, 0) is 42.2 Å². The first-order chi connectivity index (χ1) is 17.5. The zero-order chi connectivity index (χ0) is 26.5. The summed E-state index contributed by atoms with van der Waals surface area (Å²) in [6.45, 7) is 10.3. The number of aryl methyl sites for hydroxylation is 1. The van der Waals surface area contributed by atoms with E-state index in [0.717, 1.165) is 38.3 Å². The number of nitrogens with zero attached hydrogens (tertiary/aromatic N) is 3. The number of halogens is 2. The van der Waals surface area contributed by atoms with Gasteiger partial charge in [0.15, 0.2) is 6.17 Å². The Labute approximate surface area is 225 Å². The van der Waals surface area contributed by atoms with Crippen molar-refractivity contribution in [3.63, 3.8) is 0 Å². The summed E-state index contributed by atoms with van der Waals surface area (Å²) in [5.74, 6) is 0.325. The predicted molar refractivity (Wildman–Crippen MR) is 145 cm³/mol. The van der Waals surface area contributed by atoms with Crippen molar-refractivity contribution in [2.45, 2.75) is 59.4 Å². The molecule has 0 radical (unpaired) electrons. The molecule has 2 amide bonds. The number of hydrogen-bond acceptors (Lipinski definition) is 6. The van der Waals surface area contributed by atoms with E-state index in [9.17, 15) is 9.59 Å². The Hall–Kier alpha value is -2.55. The van der Waals surface area contributed by atoms with Gasteiger partial charge in [0.05, 0.1) is 16.8 Å². The van der Waals surface area contributed by atoms with Gasteiger partial charge in [0.1, 0.15) is 11.9 Å². The van der Waals surface area contributed by atoms with Crippen molar-refractivity contribution in [1.82, 2.24) is 14.8 Å². The van der Waals surface area contributed by atoms with Gasteiger partial charge in [0.25, 0.3) is 0 Å². The van der Waals surface area contributed by atoms with Gasteiger partial charge in [-0.2, -0.15) is 0 Å². The molecule has 2 aliphatic rings. The molecular formula is C28H31ClFN3O3S. The summed E-state index contributed by atoms with van der Waals surface area (Å²) in [6.07, 6.45) is 0.578. The van der Waals surface area contributed by atoms with Gasteiger partial charge in [-0.25, -0.2) is 4.39 Å².